The summed E-state index contributed by atoms with van der Waals surface area (Å²) in [5, 5.41) is 1.26. The van der Waals surface area contributed by atoms with Crippen LogP contribution in [0.3, 0.4) is 0 Å². The smallest absolute Gasteiger partial charge is 0.100 e. The van der Waals surface area contributed by atoms with Crippen molar-refractivity contribution in [3.8, 4) is 16.8 Å². The zero-order chi connectivity index (χ0) is 18.3. The van der Waals surface area contributed by atoms with Crippen LogP contribution in [0.25, 0.3) is 27.8 Å². The average molecular weight is 382 g/mol. The van der Waals surface area contributed by atoms with Gasteiger partial charge >= 0.3 is 0 Å². The summed E-state index contributed by atoms with van der Waals surface area (Å²) in [5.74, 6) is 0. The normalized spacial score (nSPS) is 12.5. The van der Waals surface area contributed by atoms with Crippen LogP contribution in [-0.4, -0.2) is 9.55 Å². The third-order valence-electron chi connectivity index (χ3n) is 4.47. The van der Waals surface area contributed by atoms with Gasteiger partial charge in [-0.25, -0.2) is 4.98 Å². The molecular formula is C21H17Cl2N3. The molecule has 4 aromatic rings. The number of aromatic nitrogens is 2. The van der Waals surface area contributed by atoms with Crippen molar-refractivity contribution < 1.29 is 0 Å². The van der Waals surface area contributed by atoms with E-state index in [0.29, 0.717) is 10.0 Å². The molecule has 3 aromatic carbocycles. The second-order valence-electron chi connectivity index (χ2n) is 6.30. The van der Waals surface area contributed by atoms with Crippen LogP contribution in [0.15, 0.2) is 67.0 Å². The SMILES string of the molecule is C[C@@H](N)c1ccc2c(c1)ncn2-c1cccc(-c2c(Cl)cccc2Cl)c1. The first kappa shape index (κ1) is 17.1. The fourth-order valence-electron chi connectivity index (χ4n) is 3.10. The van der Waals surface area contributed by atoms with Crippen molar-refractivity contribution in [3.05, 3.63) is 82.6 Å². The minimum atomic E-state index is -0.0183. The number of benzene rings is 3. The van der Waals surface area contributed by atoms with E-state index in [0.717, 1.165) is 33.4 Å². The highest BCUT2D eigenvalue weighted by molar-refractivity contribution is 6.39. The lowest BCUT2D eigenvalue weighted by atomic mass is 10.0. The number of nitrogens with zero attached hydrogens (tertiary/aromatic N) is 2. The van der Waals surface area contributed by atoms with Gasteiger partial charge in [-0.3, -0.25) is 4.57 Å². The maximum atomic E-state index is 6.37. The van der Waals surface area contributed by atoms with Gasteiger partial charge in [0.2, 0.25) is 0 Å². The summed E-state index contributed by atoms with van der Waals surface area (Å²) in [5.41, 5.74) is 11.8. The van der Waals surface area contributed by atoms with Gasteiger partial charge in [0, 0.05) is 27.3 Å². The van der Waals surface area contributed by atoms with E-state index in [1.54, 1.807) is 0 Å². The van der Waals surface area contributed by atoms with E-state index in [1.165, 1.54) is 0 Å². The quantitative estimate of drug-likeness (QED) is 0.471. The van der Waals surface area contributed by atoms with Crippen LogP contribution in [0.1, 0.15) is 18.5 Å². The molecule has 0 aliphatic heterocycles. The Kier molecular flexibility index (Phi) is 4.45. The van der Waals surface area contributed by atoms with Crippen molar-refractivity contribution in [1.29, 1.82) is 0 Å². The Balaban J connectivity index is 1.84. The molecule has 0 amide bonds. The van der Waals surface area contributed by atoms with Crippen molar-refractivity contribution in [1.82, 2.24) is 9.55 Å². The number of halogens is 2. The Morgan fingerprint density at radius 2 is 1.69 bits per heavy atom. The van der Waals surface area contributed by atoms with Gasteiger partial charge in [0.1, 0.15) is 6.33 Å². The van der Waals surface area contributed by atoms with E-state index in [-0.39, 0.29) is 6.04 Å². The van der Waals surface area contributed by atoms with Crippen LogP contribution in [-0.2, 0) is 0 Å². The van der Waals surface area contributed by atoms with Crippen molar-refractivity contribution in [2.45, 2.75) is 13.0 Å². The standard InChI is InChI=1S/C21H17Cl2N3/c1-13(24)14-8-9-20-19(11-14)25-12-26(20)16-5-2-4-15(10-16)21-17(22)6-3-7-18(21)23/h2-13H,24H2,1H3/t13-/m1/s1. The topological polar surface area (TPSA) is 43.8 Å². The Bertz CT molecular complexity index is 1080. The van der Waals surface area contributed by atoms with Crippen molar-refractivity contribution in [3.63, 3.8) is 0 Å². The molecule has 1 heterocycles. The van der Waals surface area contributed by atoms with Crippen molar-refractivity contribution >= 4 is 34.2 Å². The summed E-state index contributed by atoms with van der Waals surface area (Å²) in [6, 6.07) is 19.7. The highest BCUT2D eigenvalue weighted by Crippen LogP contribution is 2.35. The molecule has 3 nitrogen and oxygen atoms in total. The molecule has 0 aliphatic rings. The van der Waals surface area contributed by atoms with Crippen molar-refractivity contribution in [2.24, 2.45) is 5.73 Å². The molecule has 130 valence electrons. The lowest BCUT2D eigenvalue weighted by molar-refractivity contribution is 0.819. The minimum absolute atomic E-state index is 0.0183. The maximum absolute atomic E-state index is 6.37. The Morgan fingerprint density at radius 3 is 2.42 bits per heavy atom. The highest BCUT2D eigenvalue weighted by Gasteiger charge is 2.11. The molecule has 5 heteroatoms. The molecule has 0 saturated carbocycles. The van der Waals surface area contributed by atoms with Gasteiger partial charge in [0.25, 0.3) is 0 Å². The van der Waals surface area contributed by atoms with E-state index in [2.05, 4.69) is 21.7 Å². The van der Waals surface area contributed by atoms with Gasteiger partial charge in [-0.1, -0.05) is 47.5 Å². The number of nitrogens with two attached hydrogens (primary N) is 1. The zero-order valence-corrected chi connectivity index (χ0v) is 15.7. The van der Waals surface area contributed by atoms with Gasteiger partial charge in [-0.2, -0.15) is 0 Å². The predicted octanol–water partition coefficient (Wildman–Crippen LogP) is 6.02. The summed E-state index contributed by atoms with van der Waals surface area (Å²) in [7, 11) is 0. The summed E-state index contributed by atoms with van der Waals surface area (Å²) in [4.78, 5) is 4.53. The first-order valence-corrected chi connectivity index (χ1v) is 9.07. The van der Waals surface area contributed by atoms with Crippen LogP contribution < -0.4 is 5.73 Å². The molecule has 0 unspecified atom stereocenters. The van der Waals surface area contributed by atoms with Gasteiger partial charge < -0.3 is 5.73 Å². The molecule has 0 radical (unpaired) electrons. The Hall–Kier alpha value is -2.33. The molecule has 0 saturated heterocycles. The van der Waals surface area contributed by atoms with Gasteiger partial charge in [0.05, 0.1) is 11.0 Å². The largest absolute Gasteiger partial charge is 0.324 e. The first-order chi connectivity index (χ1) is 12.5. The molecule has 1 aromatic heterocycles. The number of imidazole rings is 1. The highest BCUT2D eigenvalue weighted by atomic mass is 35.5. The summed E-state index contributed by atoms with van der Waals surface area (Å²) >= 11 is 12.7. The number of hydrogen-bond donors (Lipinski definition) is 1. The summed E-state index contributed by atoms with van der Waals surface area (Å²) in [6.07, 6.45) is 1.82. The number of rotatable bonds is 3. The third-order valence-corrected chi connectivity index (χ3v) is 5.10. The molecule has 2 N–H and O–H groups in total. The predicted molar refractivity (Wildman–Crippen MR) is 109 cm³/mol. The monoisotopic (exact) mass is 381 g/mol. The number of hydrogen-bond acceptors (Lipinski definition) is 2. The molecule has 0 fully saturated rings. The molecule has 26 heavy (non-hydrogen) atoms. The molecule has 0 aliphatic carbocycles. The summed E-state index contributed by atoms with van der Waals surface area (Å²) < 4.78 is 2.05. The Labute approximate surface area is 162 Å². The van der Waals surface area contributed by atoms with Crippen LogP contribution in [0.5, 0.6) is 0 Å². The Morgan fingerprint density at radius 1 is 0.962 bits per heavy atom. The lowest BCUT2D eigenvalue weighted by Crippen LogP contribution is -2.04. The minimum Gasteiger partial charge on any atom is -0.324 e. The third kappa shape index (κ3) is 2.99. The lowest BCUT2D eigenvalue weighted by Gasteiger charge is -2.11. The zero-order valence-electron chi connectivity index (χ0n) is 14.2. The van der Waals surface area contributed by atoms with E-state index >= 15 is 0 Å². The fourth-order valence-corrected chi connectivity index (χ4v) is 3.72. The van der Waals surface area contributed by atoms with E-state index < -0.39 is 0 Å². The van der Waals surface area contributed by atoms with Gasteiger partial charge in [0.15, 0.2) is 0 Å². The van der Waals surface area contributed by atoms with Gasteiger partial charge in [-0.05, 0) is 54.4 Å². The van der Waals surface area contributed by atoms with Crippen LogP contribution in [0, 0.1) is 0 Å². The molecular weight excluding hydrogens is 365 g/mol. The molecule has 1 atom stereocenters. The second kappa shape index (κ2) is 6.76. The van der Waals surface area contributed by atoms with Crippen molar-refractivity contribution in [2.75, 3.05) is 0 Å². The average Bonchev–Trinajstić information content (AvgIpc) is 3.05. The van der Waals surface area contributed by atoms with Crippen LogP contribution in [0.2, 0.25) is 10.0 Å². The van der Waals surface area contributed by atoms with Crippen LogP contribution >= 0.6 is 23.2 Å². The van der Waals surface area contributed by atoms with Crippen LogP contribution in [0.4, 0.5) is 0 Å². The number of fused-ring (bicyclic) bond motifs is 1. The first-order valence-electron chi connectivity index (χ1n) is 8.32. The fraction of sp³-hybridized carbons (Fsp3) is 0.0952. The second-order valence-corrected chi connectivity index (χ2v) is 7.11. The molecule has 0 spiro atoms. The van der Waals surface area contributed by atoms with E-state index in [4.69, 9.17) is 28.9 Å². The van der Waals surface area contributed by atoms with E-state index in [9.17, 15) is 0 Å². The molecule has 4 rings (SSSR count). The maximum Gasteiger partial charge on any atom is 0.100 e. The molecule has 0 bridgehead atoms. The van der Waals surface area contributed by atoms with Gasteiger partial charge in [-0.15, -0.1) is 0 Å². The van der Waals surface area contributed by atoms with E-state index in [1.807, 2.05) is 61.8 Å². The summed E-state index contributed by atoms with van der Waals surface area (Å²) in [6.45, 7) is 1.97.